The molecule has 2 aromatic rings. The Kier molecular flexibility index (Phi) is 5.90. The van der Waals surface area contributed by atoms with Gasteiger partial charge in [-0.3, -0.25) is 9.59 Å². The van der Waals surface area contributed by atoms with Gasteiger partial charge in [0.25, 0.3) is 0 Å². The van der Waals surface area contributed by atoms with E-state index in [0.717, 1.165) is 0 Å². The highest BCUT2D eigenvalue weighted by Gasteiger charge is 2.56. The van der Waals surface area contributed by atoms with Gasteiger partial charge in [-0.2, -0.15) is 0 Å². The lowest BCUT2D eigenvalue weighted by Crippen LogP contribution is -2.66. The highest BCUT2D eigenvalue weighted by atomic mass is 19.1. The zero-order valence-corrected chi connectivity index (χ0v) is 17.4. The number of Topliss-reactive ketones (excluding diaryl/α,β-unsaturated/α-hetero) is 1. The maximum atomic E-state index is 15.1. The van der Waals surface area contributed by atoms with Crippen LogP contribution in [0.4, 0.5) is 4.39 Å². The van der Waals surface area contributed by atoms with Gasteiger partial charge in [-0.15, -0.1) is 0 Å². The van der Waals surface area contributed by atoms with Gasteiger partial charge in [0.05, 0.1) is 11.6 Å². The lowest BCUT2D eigenvalue weighted by molar-refractivity contribution is -0.179. The number of nitrogens with zero attached hydrogens (tertiary/aromatic N) is 1. The number of carbonyl (C=O) groups is 2. The minimum Gasteiger partial charge on any atom is -0.356 e. The predicted octanol–water partition coefficient (Wildman–Crippen LogP) is 4.46. The average molecular weight is 397 g/mol. The molecule has 1 saturated heterocycles. The Labute approximate surface area is 171 Å². The Bertz CT molecular complexity index is 896. The second kappa shape index (κ2) is 8.07. The number of hydrogen-bond acceptors (Lipinski definition) is 3. The fourth-order valence-corrected chi connectivity index (χ4v) is 4.19. The molecule has 4 nitrogen and oxygen atoms in total. The van der Waals surface area contributed by atoms with Crippen LogP contribution in [0.3, 0.4) is 0 Å². The molecule has 0 N–H and O–H groups in total. The van der Waals surface area contributed by atoms with E-state index in [9.17, 15) is 9.59 Å². The second-order valence-corrected chi connectivity index (χ2v) is 8.06. The molecule has 0 bridgehead atoms. The van der Waals surface area contributed by atoms with E-state index in [1.165, 1.54) is 11.0 Å². The van der Waals surface area contributed by atoms with Crippen molar-refractivity contribution in [2.45, 2.75) is 57.6 Å². The maximum absolute atomic E-state index is 15.1. The molecular weight excluding hydrogens is 369 g/mol. The van der Waals surface area contributed by atoms with E-state index in [1.54, 1.807) is 39.0 Å². The molecule has 5 heteroatoms. The van der Waals surface area contributed by atoms with Crippen LogP contribution < -0.4 is 0 Å². The normalized spacial score (nSPS) is 22.6. The fraction of sp³-hybridized carbons (Fsp3) is 0.417. The van der Waals surface area contributed by atoms with Crippen molar-refractivity contribution in [3.63, 3.8) is 0 Å². The van der Waals surface area contributed by atoms with Crippen molar-refractivity contribution in [3.05, 3.63) is 71.5 Å². The predicted molar refractivity (Wildman–Crippen MR) is 110 cm³/mol. The third-order valence-corrected chi connectivity index (χ3v) is 6.01. The van der Waals surface area contributed by atoms with Crippen molar-refractivity contribution >= 4 is 11.7 Å². The highest BCUT2D eigenvalue weighted by molar-refractivity contribution is 5.99. The largest absolute Gasteiger partial charge is 0.356 e. The van der Waals surface area contributed by atoms with Crippen LogP contribution in [0.1, 0.15) is 51.7 Å². The average Bonchev–Trinajstić information content (AvgIpc) is 2.70. The van der Waals surface area contributed by atoms with Crippen molar-refractivity contribution < 1.29 is 18.7 Å². The van der Waals surface area contributed by atoms with E-state index in [4.69, 9.17) is 4.74 Å². The molecule has 1 amide bonds. The van der Waals surface area contributed by atoms with Crippen molar-refractivity contribution in [2.75, 3.05) is 6.73 Å². The van der Waals surface area contributed by atoms with Crippen molar-refractivity contribution in [3.8, 4) is 0 Å². The van der Waals surface area contributed by atoms with Gasteiger partial charge in [-0.25, -0.2) is 4.39 Å². The molecule has 1 fully saturated rings. The molecule has 1 aliphatic rings. The molecule has 29 heavy (non-hydrogen) atoms. The zero-order chi connectivity index (χ0) is 21.2. The van der Waals surface area contributed by atoms with Crippen LogP contribution in [0.2, 0.25) is 0 Å². The van der Waals surface area contributed by atoms with Crippen LogP contribution in [-0.4, -0.2) is 35.0 Å². The number of halogens is 1. The maximum Gasteiger partial charge on any atom is 0.243 e. The first kappa shape index (κ1) is 21.2. The van der Waals surface area contributed by atoms with Crippen LogP contribution in [-0.2, 0) is 19.7 Å². The molecule has 0 aromatic heterocycles. The molecule has 2 aromatic carbocycles. The summed E-state index contributed by atoms with van der Waals surface area (Å²) in [6.45, 7) is 7.18. The lowest BCUT2D eigenvalue weighted by atomic mass is 9.68. The highest BCUT2D eigenvalue weighted by Crippen LogP contribution is 2.44. The smallest absolute Gasteiger partial charge is 0.243 e. The Balaban J connectivity index is 2.23. The standard InChI is InChI=1S/C24H28FNO3/c1-5-11-21(27)23(3,4)26-16-29-17(2)24(22(26)28,18-12-7-6-8-13-18)19-14-9-10-15-20(19)25/h6-10,12-15,17H,5,11,16H2,1-4H3. The summed E-state index contributed by atoms with van der Waals surface area (Å²) in [5.41, 5.74) is -1.54. The first-order valence-electron chi connectivity index (χ1n) is 10.0. The number of ether oxygens (including phenoxy) is 1. The lowest BCUT2D eigenvalue weighted by Gasteiger charge is -2.50. The summed E-state index contributed by atoms with van der Waals surface area (Å²) in [5, 5.41) is 0. The Morgan fingerprint density at radius 3 is 2.41 bits per heavy atom. The SMILES string of the molecule is CCCC(=O)C(C)(C)N1COC(C)C(c2ccccc2)(c2ccccc2F)C1=O. The van der Waals surface area contributed by atoms with Crippen LogP contribution in [0.25, 0.3) is 0 Å². The molecule has 0 spiro atoms. The molecular formula is C24H28FNO3. The van der Waals surface area contributed by atoms with Gasteiger partial charge in [0, 0.05) is 12.0 Å². The third kappa shape index (κ3) is 3.38. The minimum atomic E-state index is -1.38. The monoisotopic (exact) mass is 397 g/mol. The number of rotatable bonds is 6. The van der Waals surface area contributed by atoms with Crippen molar-refractivity contribution in [1.82, 2.24) is 4.90 Å². The van der Waals surface area contributed by atoms with E-state index < -0.39 is 22.9 Å². The summed E-state index contributed by atoms with van der Waals surface area (Å²) in [4.78, 5) is 28.4. The van der Waals surface area contributed by atoms with Gasteiger partial charge in [0.2, 0.25) is 5.91 Å². The summed E-state index contributed by atoms with van der Waals surface area (Å²) >= 11 is 0. The second-order valence-electron chi connectivity index (χ2n) is 8.06. The third-order valence-electron chi connectivity index (χ3n) is 6.01. The summed E-state index contributed by atoms with van der Waals surface area (Å²) in [6.07, 6.45) is 0.450. The van der Waals surface area contributed by atoms with Crippen LogP contribution in [0, 0.1) is 5.82 Å². The van der Waals surface area contributed by atoms with Crippen molar-refractivity contribution in [2.24, 2.45) is 0 Å². The van der Waals surface area contributed by atoms with E-state index in [1.807, 2.05) is 37.3 Å². The Morgan fingerprint density at radius 2 is 1.79 bits per heavy atom. The van der Waals surface area contributed by atoms with Gasteiger partial charge in [-0.1, -0.05) is 55.5 Å². The zero-order valence-electron chi connectivity index (χ0n) is 17.4. The topological polar surface area (TPSA) is 46.6 Å². The van der Waals surface area contributed by atoms with E-state index in [-0.39, 0.29) is 24.0 Å². The number of carbonyl (C=O) groups excluding carboxylic acids is 2. The number of benzene rings is 2. The summed E-state index contributed by atoms with van der Waals surface area (Å²) in [6, 6.07) is 15.4. The van der Waals surface area contributed by atoms with Crippen LogP contribution in [0.5, 0.6) is 0 Å². The molecule has 0 aliphatic carbocycles. The van der Waals surface area contributed by atoms with Gasteiger partial charge < -0.3 is 9.64 Å². The van der Waals surface area contributed by atoms with Gasteiger partial charge in [0.1, 0.15) is 18.0 Å². The van der Waals surface area contributed by atoms with Gasteiger partial charge >= 0.3 is 0 Å². The summed E-state index contributed by atoms with van der Waals surface area (Å²) in [7, 11) is 0. The quantitative estimate of drug-likeness (QED) is 0.723. The van der Waals surface area contributed by atoms with E-state index in [0.29, 0.717) is 18.4 Å². The molecule has 0 saturated carbocycles. The summed E-state index contributed by atoms with van der Waals surface area (Å²) in [5.74, 6) is -0.830. The number of hydrogen-bond donors (Lipinski definition) is 0. The van der Waals surface area contributed by atoms with Gasteiger partial charge in [0.15, 0.2) is 5.78 Å². The molecule has 1 aliphatic heterocycles. The molecule has 154 valence electrons. The van der Waals surface area contributed by atoms with Gasteiger partial charge in [-0.05, 0) is 38.8 Å². The Hall–Kier alpha value is -2.53. The van der Waals surface area contributed by atoms with Crippen molar-refractivity contribution in [1.29, 1.82) is 0 Å². The Morgan fingerprint density at radius 1 is 1.17 bits per heavy atom. The minimum absolute atomic E-state index is 0.00844. The number of ketones is 1. The van der Waals surface area contributed by atoms with E-state index >= 15 is 4.39 Å². The van der Waals surface area contributed by atoms with Crippen LogP contribution in [0.15, 0.2) is 54.6 Å². The molecule has 0 radical (unpaired) electrons. The molecule has 3 rings (SSSR count). The molecule has 2 unspecified atom stereocenters. The van der Waals surface area contributed by atoms with E-state index in [2.05, 4.69) is 0 Å². The fourth-order valence-electron chi connectivity index (χ4n) is 4.19. The molecule has 2 atom stereocenters. The summed E-state index contributed by atoms with van der Waals surface area (Å²) < 4.78 is 21.1. The molecule has 1 heterocycles. The first-order chi connectivity index (χ1) is 13.8. The van der Waals surface area contributed by atoms with Crippen LogP contribution >= 0.6 is 0 Å². The first-order valence-corrected chi connectivity index (χ1v) is 10.0. The number of amides is 1.